The molecule has 1 saturated heterocycles. The summed E-state index contributed by atoms with van der Waals surface area (Å²) in [7, 11) is 1.69. The number of nitrogens with one attached hydrogen (secondary N) is 1. The van der Waals surface area contributed by atoms with Crippen molar-refractivity contribution in [1.29, 1.82) is 0 Å². The van der Waals surface area contributed by atoms with Crippen molar-refractivity contribution in [3.05, 3.63) is 65.5 Å². The molecule has 0 aromatic heterocycles. The predicted octanol–water partition coefficient (Wildman–Crippen LogP) is 3.59. The minimum absolute atomic E-state index is 0.0781. The lowest BCUT2D eigenvalue weighted by Crippen LogP contribution is -2.56. The van der Waals surface area contributed by atoms with Gasteiger partial charge in [-0.1, -0.05) is 30.3 Å². The summed E-state index contributed by atoms with van der Waals surface area (Å²) in [6, 6.07) is 15.0. The van der Waals surface area contributed by atoms with Crippen molar-refractivity contribution < 1.29 is 13.9 Å². The summed E-state index contributed by atoms with van der Waals surface area (Å²) in [4.78, 5) is 14.2. The van der Waals surface area contributed by atoms with E-state index in [2.05, 4.69) is 11.4 Å². The Balaban J connectivity index is 1.67. The number of ether oxygens (including phenoxy) is 1. The maximum atomic E-state index is 13.2. The number of carbonyl (C=O) groups is 1. The molecule has 150 valence electrons. The highest BCUT2D eigenvalue weighted by Gasteiger charge is 2.32. The van der Waals surface area contributed by atoms with Gasteiger partial charge < -0.3 is 15.0 Å². The Labute approximate surface area is 166 Å². The van der Waals surface area contributed by atoms with Gasteiger partial charge in [0.15, 0.2) is 0 Å². The number of piperidine rings is 1. The van der Waals surface area contributed by atoms with Crippen molar-refractivity contribution in [2.45, 2.75) is 44.7 Å². The van der Waals surface area contributed by atoms with Crippen LogP contribution < -0.4 is 10.1 Å². The molecule has 0 spiro atoms. The Hall–Kier alpha value is -2.40. The Morgan fingerprint density at radius 3 is 2.68 bits per heavy atom. The molecule has 0 saturated carbocycles. The van der Waals surface area contributed by atoms with Gasteiger partial charge in [-0.05, 0) is 61.6 Å². The Morgan fingerprint density at radius 2 is 1.96 bits per heavy atom. The number of benzene rings is 2. The van der Waals surface area contributed by atoms with Gasteiger partial charge in [-0.15, -0.1) is 0 Å². The average Bonchev–Trinajstić information content (AvgIpc) is 2.71. The number of likely N-dealkylation sites (tertiary alicyclic amines) is 1. The fourth-order valence-electron chi connectivity index (χ4n) is 4.10. The largest absolute Gasteiger partial charge is 0.496 e. The van der Waals surface area contributed by atoms with E-state index in [1.54, 1.807) is 14.0 Å². The van der Waals surface area contributed by atoms with Crippen LogP contribution in [0, 0.1) is 5.82 Å². The van der Waals surface area contributed by atoms with Crippen LogP contribution in [0.15, 0.2) is 48.5 Å². The molecule has 1 N–H and O–H groups in total. The summed E-state index contributed by atoms with van der Waals surface area (Å²) in [6.45, 7) is 3.23. The minimum Gasteiger partial charge on any atom is -0.496 e. The van der Waals surface area contributed by atoms with Crippen LogP contribution in [-0.4, -0.2) is 43.1 Å². The molecule has 2 aromatic carbocycles. The number of hydrogen-bond acceptors (Lipinski definition) is 3. The van der Waals surface area contributed by atoms with Crippen LogP contribution in [0.3, 0.4) is 0 Å². The number of rotatable bonds is 7. The molecule has 3 rings (SSSR count). The van der Waals surface area contributed by atoms with E-state index >= 15 is 0 Å². The molecule has 1 heterocycles. The van der Waals surface area contributed by atoms with Gasteiger partial charge >= 0.3 is 0 Å². The molecule has 5 heteroatoms. The van der Waals surface area contributed by atoms with Crippen molar-refractivity contribution in [1.82, 2.24) is 10.2 Å². The second-order valence-electron chi connectivity index (χ2n) is 7.38. The van der Waals surface area contributed by atoms with Crippen LogP contribution in [-0.2, 0) is 17.6 Å². The van der Waals surface area contributed by atoms with Crippen LogP contribution >= 0.6 is 0 Å². The minimum atomic E-state index is -0.234. The van der Waals surface area contributed by atoms with Gasteiger partial charge in [-0.2, -0.15) is 0 Å². The molecule has 0 bridgehead atoms. The second-order valence-corrected chi connectivity index (χ2v) is 7.38. The van der Waals surface area contributed by atoms with E-state index in [9.17, 15) is 9.18 Å². The maximum absolute atomic E-state index is 13.2. The summed E-state index contributed by atoms with van der Waals surface area (Å²) >= 11 is 0. The van der Waals surface area contributed by atoms with E-state index in [0.717, 1.165) is 50.1 Å². The number of carbonyl (C=O) groups excluding carboxylic acids is 1. The van der Waals surface area contributed by atoms with Crippen LogP contribution in [0.5, 0.6) is 5.75 Å². The standard InChI is InChI=1S/C23H29FN2O2/c1-17(27)26-15-5-7-21(22(26)16-18-9-11-20(24)12-10-18)25-14-13-19-6-3-4-8-23(19)28-2/h3-4,6,8-12,21-22,25H,5,7,13-16H2,1-2H3/t21-,22-/m0/s1. The van der Waals surface area contributed by atoms with E-state index in [0.29, 0.717) is 0 Å². The van der Waals surface area contributed by atoms with Gasteiger partial charge in [0.1, 0.15) is 11.6 Å². The normalized spacial score (nSPS) is 19.5. The van der Waals surface area contributed by atoms with Gasteiger partial charge in [0.25, 0.3) is 0 Å². The molecule has 0 aliphatic carbocycles. The summed E-state index contributed by atoms with van der Waals surface area (Å²) in [5, 5.41) is 3.66. The molecule has 1 amide bonds. The SMILES string of the molecule is COc1ccccc1CCN[C@H]1CCCN(C(C)=O)[C@H]1Cc1ccc(F)cc1. The third-order valence-corrected chi connectivity index (χ3v) is 5.53. The van der Waals surface area contributed by atoms with Crippen molar-refractivity contribution >= 4 is 5.91 Å². The van der Waals surface area contributed by atoms with E-state index in [-0.39, 0.29) is 23.8 Å². The predicted molar refractivity (Wildman–Crippen MR) is 109 cm³/mol. The van der Waals surface area contributed by atoms with E-state index in [1.165, 1.54) is 17.7 Å². The maximum Gasteiger partial charge on any atom is 0.219 e. The lowest BCUT2D eigenvalue weighted by molar-refractivity contribution is -0.133. The third kappa shape index (κ3) is 5.10. The topological polar surface area (TPSA) is 41.6 Å². The molecule has 0 radical (unpaired) electrons. The van der Waals surface area contributed by atoms with Crippen molar-refractivity contribution in [2.75, 3.05) is 20.2 Å². The molecular weight excluding hydrogens is 355 g/mol. The van der Waals surface area contributed by atoms with Crippen LogP contribution in [0.4, 0.5) is 4.39 Å². The lowest BCUT2D eigenvalue weighted by Gasteiger charge is -2.41. The summed E-state index contributed by atoms with van der Waals surface area (Å²) < 4.78 is 18.7. The van der Waals surface area contributed by atoms with E-state index < -0.39 is 0 Å². The molecule has 28 heavy (non-hydrogen) atoms. The summed E-state index contributed by atoms with van der Waals surface area (Å²) in [6.07, 6.45) is 3.61. The van der Waals surface area contributed by atoms with Gasteiger partial charge in [0.2, 0.25) is 5.91 Å². The first-order chi connectivity index (χ1) is 13.6. The Morgan fingerprint density at radius 1 is 1.21 bits per heavy atom. The first-order valence-corrected chi connectivity index (χ1v) is 9.95. The highest BCUT2D eigenvalue weighted by atomic mass is 19.1. The quantitative estimate of drug-likeness (QED) is 0.793. The second kappa shape index (κ2) is 9.69. The van der Waals surface area contributed by atoms with Crippen molar-refractivity contribution in [3.63, 3.8) is 0 Å². The lowest BCUT2D eigenvalue weighted by atomic mass is 9.90. The molecule has 1 aliphatic heterocycles. The fraction of sp³-hybridized carbons (Fsp3) is 0.435. The van der Waals surface area contributed by atoms with Gasteiger partial charge in [-0.25, -0.2) is 4.39 Å². The van der Waals surface area contributed by atoms with Gasteiger partial charge in [0.05, 0.1) is 13.2 Å². The number of nitrogens with zero attached hydrogens (tertiary/aromatic N) is 1. The molecule has 2 atom stereocenters. The highest BCUT2D eigenvalue weighted by molar-refractivity contribution is 5.73. The number of amides is 1. The van der Waals surface area contributed by atoms with Gasteiger partial charge in [0, 0.05) is 19.5 Å². The molecule has 4 nitrogen and oxygen atoms in total. The summed E-state index contributed by atoms with van der Waals surface area (Å²) in [5.74, 6) is 0.770. The van der Waals surface area contributed by atoms with E-state index in [1.807, 2.05) is 35.2 Å². The molecular formula is C23H29FN2O2. The average molecular weight is 384 g/mol. The van der Waals surface area contributed by atoms with Gasteiger partial charge in [-0.3, -0.25) is 4.79 Å². The zero-order valence-corrected chi connectivity index (χ0v) is 16.7. The van der Waals surface area contributed by atoms with Crippen molar-refractivity contribution in [3.8, 4) is 5.75 Å². The Kier molecular flexibility index (Phi) is 7.04. The zero-order chi connectivity index (χ0) is 19.9. The number of para-hydroxylation sites is 1. The monoisotopic (exact) mass is 384 g/mol. The van der Waals surface area contributed by atoms with Crippen molar-refractivity contribution in [2.24, 2.45) is 0 Å². The first-order valence-electron chi connectivity index (χ1n) is 9.95. The number of hydrogen-bond donors (Lipinski definition) is 1. The molecule has 1 fully saturated rings. The van der Waals surface area contributed by atoms with E-state index in [4.69, 9.17) is 4.74 Å². The molecule has 0 unspecified atom stereocenters. The van der Waals surface area contributed by atoms with Crippen LogP contribution in [0.25, 0.3) is 0 Å². The number of halogens is 1. The Bertz CT molecular complexity index is 778. The fourth-order valence-corrected chi connectivity index (χ4v) is 4.10. The van der Waals surface area contributed by atoms with Crippen LogP contribution in [0.1, 0.15) is 30.9 Å². The van der Waals surface area contributed by atoms with Crippen LogP contribution in [0.2, 0.25) is 0 Å². The molecule has 2 aromatic rings. The summed E-state index contributed by atoms with van der Waals surface area (Å²) in [5.41, 5.74) is 2.22. The number of methoxy groups -OCH3 is 1. The third-order valence-electron chi connectivity index (χ3n) is 5.53. The highest BCUT2D eigenvalue weighted by Crippen LogP contribution is 2.23. The first kappa shape index (κ1) is 20.3. The zero-order valence-electron chi connectivity index (χ0n) is 16.7. The molecule has 1 aliphatic rings. The smallest absolute Gasteiger partial charge is 0.219 e.